The lowest BCUT2D eigenvalue weighted by Gasteiger charge is -2.14. The van der Waals surface area contributed by atoms with Gasteiger partial charge in [-0.25, -0.2) is 0 Å². The summed E-state index contributed by atoms with van der Waals surface area (Å²) in [6, 6.07) is 18.9. The summed E-state index contributed by atoms with van der Waals surface area (Å²) in [5.41, 5.74) is 8.22. The second-order valence-corrected chi connectivity index (χ2v) is 5.80. The molecule has 1 heterocycles. The molecule has 0 spiro atoms. The van der Waals surface area contributed by atoms with Crippen molar-refractivity contribution >= 4 is 11.6 Å². The smallest absolute Gasteiger partial charge is 0.0708 e. The zero-order valence-corrected chi connectivity index (χ0v) is 13.6. The molecule has 3 aromatic rings. The third-order valence-corrected chi connectivity index (χ3v) is 4.20. The highest BCUT2D eigenvalue weighted by Crippen LogP contribution is 2.32. The number of pyridine rings is 1. The highest BCUT2D eigenvalue weighted by molar-refractivity contribution is 6.17. The fraction of sp³-hybridized carbons (Fsp3) is 0.150. The van der Waals surface area contributed by atoms with Gasteiger partial charge in [0, 0.05) is 17.6 Å². The number of alkyl halides is 1. The number of hydrogen-bond acceptors (Lipinski definition) is 1. The molecule has 3 rings (SSSR count). The standard InChI is InChI=1S/C20H18ClN/c1-14-10-18(17-6-4-3-5-7-17)15(2)19(11-14)20-12-16(13-21)8-9-22-20/h3-12H,13H2,1-2H3. The van der Waals surface area contributed by atoms with Gasteiger partial charge in [0.1, 0.15) is 0 Å². The minimum absolute atomic E-state index is 0.506. The van der Waals surface area contributed by atoms with Crippen LogP contribution in [0.3, 0.4) is 0 Å². The third kappa shape index (κ3) is 2.90. The maximum Gasteiger partial charge on any atom is 0.0708 e. The van der Waals surface area contributed by atoms with Crippen LogP contribution >= 0.6 is 11.6 Å². The highest BCUT2D eigenvalue weighted by Gasteiger charge is 2.11. The molecule has 2 aromatic carbocycles. The van der Waals surface area contributed by atoms with E-state index in [9.17, 15) is 0 Å². The van der Waals surface area contributed by atoms with Crippen molar-refractivity contribution in [2.75, 3.05) is 0 Å². The molecule has 22 heavy (non-hydrogen) atoms. The second-order valence-electron chi connectivity index (χ2n) is 5.53. The van der Waals surface area contributed by atoms with E-state index in [-0.39, 0.29) is 0 Å². The predicted octanol–water partition coefficient (Wildman–Crippen LogP) is 5.77. The van der Waals surface area contributed by atoms with Gasteiger partial charge in [-0.2, -0.15) is 0 Å². The van der Waals surface area contributed by atoms with Gasteiger partial charge in [0.15, 0.2) is 0 Å². The Hall–Kier alpha value is -2.12. The fourth-order valence-corrected chi connectivity index (χ4v) is 2.91. The number of halogens is 1. The Morgan fingerprint density at radius 1 is 0.909 bits per heavy atom. The summed E-state index contributed by atoms with van der Waals surface area (Å²) < 4.78 is 0. The number of hydrogen-bond donors (Lipinski definition) is 0. The number of nitrogens with zero attached hydrogens (tertiary/aromatic N) is 1. The second kappa shape index (κ2) is 6.33. The summed E-state index contributed by atoms with van der Waals surface area (Å²) in [4.78, 5) is 4.54. The van der Waals surface area contributed by atoms with Gasteiger partial charge < -0.3 is 0 Å². The Bertz CT molecular complexity index is 794. The highest BCUT2D eigenvalue weighted by atomic mass is 35.5. The number of aromatic nitrogens is 1. The lowest BCUT2D eigenvalue weighted by molar-refractivity contribution is 1.25. The molecule has 0 aliphatic rings. The monoisotopic (exact) mass is 307 g/mol. The summed E-state index contributed by atoms with van der Waals surface area (Å²) in [6.45, 7) is 4.28. The van der Waals surface area contributed by atoms with Crippen LogP contribution in [0.4, 0.5) is 0 Å². The van der Waals surface area contributed by atoms with Crippen molar-refractivity contribution in [1.82, 2.24) is 4.98 Å². The molecule has 0 bridgehead atoms. The van der Waals surface area contributed by atoms with E-state index in [1.807, 2.05) is 18.3 Å². The first kappa shape index (κ1) is 14.8. The predicted molar refractivity (Wildman–Crippen MR) is 94.1 cm³/mol. The van der Waals surface area contributed by atoms with Gasteiger partial charge in [-0.3, -0.25) is 4.98 Å². The van der Waals surface area contributed by atoms with Crippen molar-refractivity contribution in [3.63, 3.8) is 0 Å². The molecule has 1 nitrogen and oxygen atoms in total. The number of rotatable bonds is 3. The Morgan fingerprint density at radius 2 is 1.64 bits per heavy atom. The molecular weight excluding hydrogens is 290 g/mol. The maximum absolute atomic E-state index is 5.96. The summed E-state index contributed by atoms with van der Waals surface area (Å²) in [5, 5.41) is 0. The molecule has 1 aromatic heterocycles. The van der Waals surface area contributed by atoms with Crippen LogP contribution in [0, 0.1) is 13.8 Å². The summed E-state index contributed by atoms with van der Waals surface area (Å²) in [7, 11) is 0. The van der Waals surface area contributed by atoms with E-state index in [0.29, 0.717) is 5.88 Å². The van der Waals surface area contributed by atoms with Crippen molar-refractivity contribution in [2.45, 2.75) is 19.7 Å². The van der Waals surface area contributed by atoms with E-state index >= 15 is 0 Å². The van der Waals surface area contributed by atoms with Gasteiger partial charge in [-0.05, 0) is 59.9 Å². The van der Waals surface area contributed by atoms with Crippen LogP contribution < -0.4 is 0 Å². The van der Waals surface area contributed by atoms with E-state index in [2.05, 4.69) is 61.3 Å². The van der Waals surface area contributed by atoms with Crippen molar-refractivity contribution < 1.29 is 0 Å². The van der Waals surface area contributed by atoms with Gasteiger partial charge in [0.05, 0.1) is 5.69 Å². The minimum Gasteiger partial charge on any atom is -0.256 e. The quantitative estimate of drug-likeness (QED) is 0.560. The van der Waals surface area contributed by atoms with Gasteiger partial charge in [-0.15, -0.1) is 11.6 Å². The van der Waals surface area contributed by atoms with Gasteiger partial charge >= 0.3 is 0 Å². The van der Waals surface area contributed by atoms with Crippen LogP contribution in [0.15, 0.2) is 60.8 Å². The average Bonchev–Trinajstić information content (AvgIpc) is 2.57. The first-order valence-corrected chi connectivity index (χ1v) is 7.90. The number of aryl methyl sites for hydroxylation is 1. The van der Waals surface area contributed by atoms with Crippen LogP contribution in [0.2, 0.25) is 0 Å². The SMILES string of the molecule is Cc1cc(-c2ccccc2)c(C)c(-c2cc(CCl)ccn2)c1. The van der Waals surface area contributed by atoms with E-state index in [4.69, 9.17) is 11.6 Å². The Balaban J connectivity index is 2.19. The first-order chi connectivity index (χ1) is 10.7. The van der Waals surface area contributed by atoms with E-state index < -0.39 is 0 Å². The first-order valence-electron chi connectivity index (χ1n) is 7.37. The van der Waals surface area contributed by atoms with E-state index in [1.54, 1.807) is 0 Å². The molecule has 0 N–H and O–H groups in total. The van der Waals surface area contributed by atoms with Crippen LogP contribution in [-0.2, 0) is 5.88 Å². The van der Waals surface area contributed by atoms with Crippen molar-refractivity contribution in [3.8, 4) is 22.4 Å². The summed E-state index contributed by atoms with van der Waals surface area (Å²) in [6.07, 6.45) is 1.83. The molecule has 110 valence electrons. The van der Waals surface area contributed by atoms with Crippen molar-refractivity contribution in [1.29, 1.82) is 0 Å². The van der Waals surface area contributed by atoms with Crippen molar-refractivity contribution in [3.05, 3.63) is 77.5 Å². The zero-order valence-electron chi connectivity index (χ0n) is 12.8. The maximum atomic E-state index is 5.96. The summed E-state index contributed by atoms with van der Waals surface area (Å²) >= 11 is 5.96. The molecule has 0 aliphatic heterocycles. The largest absolute Gasteiger partial charge is 0.256 e. The molecular formula is C20H18ClN. The van der Waals surface area contributed by atoms with Crippen LogP contribution in [-0.4, -0.2) is 4.98 Å². The van der Waals surface area contributed by atoms with Gasteiger partial charge in [0.25, 0.3) is 0 Å². The van der Waals surface area contributed by atoms with Crippen LogP contribution in [0.1, 0.15) is 16.7 Å². The van der Waals surface area contributed by atoms with Crippen molar-refractivity contribution in [2.24, 2.45) is 0 Å². The number of benzene rings is 2. The molecule has 0 unspecified atom stereocenters. The van der Waals surface area contributed by atoms with Gasteiger partial charge in [0.2, 0.25) is 0 Å². The normalized spacial score (nSPS) is 10.7. The molecule has 0 amide bonds. The third-order valence-electron chi connectivity index (χ3n) is 3.89. The topological polar surface area (TPSA) is 12.9 Å². The van der Waals surface area contributed by atoms with Gasteiger partial charge in [-0.1, -0.05) is 36.4 Å². The fourth-order valence-electron chi connectivity index (χ4n) is 2.75. The van der Waals surface area contributed by atoms with E-state index in [0.717, 1.165) is 11.3 Å². The van der Waals surface area contributed by atoms with E-state index in [1.165, 1.54) is 27.8 Å². The molecule has 0 saturated heterocycles. The Morgan fingerprint density at radius 3 is 2.36 bits per heavy atom. The molecule has 0 saturated carbocycles. The molecule has 0 aliphatic carbocycles. The lowest BCUT2D eigenvalue weighted by Crippen LogP contribution is -1.93. The molecule has 2 heteroatoms. The Labute approximate surface area is 136 Å². The molecule has 0 fully saturated rings. The van der Waals surface area contributed by atoms with Crippen LogP contribution in [0.5, 0.6) is 0 Å². The lowest BCUT2D eigenvalue weighted by atomic mass is 9.92. The average molecular weight is 308 g/mol. The molecule has 0 atom stereocenters. The molecule has 0 radical (unpaired) electrons. The Kier molecular flexibility index (Phi) is 4.26. The zero-order chi connectivity index (χ0) is 15.5. The summed E-state index contributed by atoms with van der Waals surface area (Å²) in [5.74, 6) is 0.506. The van der Waals surface area contributed by atoms with Crippen LogP contribution in [0.25, 0.3) is 22.4 Å². The minimum atomic E-state index is 0.506.